The van der Waals surface area contributed by atoms with Gasteiger partial charge in [0.2, 0.25) is 0 Å². The second-order valence-electron chi connectivity index (χ2n) is 10.00. The van der Waals surface area contributed by atoms with Gasteiger partial charge in [0.1, 0.15) is 28.5 Å². The van der Waals surface area contributed by atoms with Gasteiger partial charge in [0.05, 0.1) is 25.6 Å². The van der Waals surface area contributed by atoms with E-state index >= 15 is 0 Å². The van der Waals surface area contributed by atoms with Crippen molar-refractivity contribution in [1.82, 2.24) is 14.3 Å². The van der Waals surface area contributed by atoms with E-state index in [0.29, 0.717) is 53.9 Å². The van der Waals surface area contributed by atoms with Crippen LogP contribution in [0.5, 0.6) is 17.2 Å². The third kappa shape index (κ3) is 6.67. The van der Waals surface area contributed by atoms with Crippen LogP contribution < -0.4 is 14.2 Å². The Hall–Kier alpha value is -3.25. The average molecular weight is 563 g/mol. The van der Waals surface area contributed by atoms with Crippen molar-refractivity contribution in [1.29, 1.82) is 4.78 Å². The lowest BCUT2D eigenvalue weighted by molar-refractivity contribution is -0.0502. The third-order valence-corrected chi connectivity index (χ3v) is 8.78. The first-order chi connectivity index (χ1) is 18.7. The lowest BCUT2D eigenvalue weighted by Crippen LogP contribution is -2.40. The number of imidazole rings is 1. The molecule has 1 aliphatic carbocycles. The molecule has 0 bridgehead atoms. The molecular weight excluding hydrogens is 530 g/mol. The van der Waals surface area contributed by atoms with E-state index in [0.717, 1.165) is 25.8 Å². The second-order valence-corrected chi connectivity index (χ2v) is 12.4. The molecule has 0 radical (unpaired) electrons. The minimum atomic E-state index is -3.09. The molecule has 0 atom stereocenters. The van der Waals surface area contributed by atoms with Crippen LogP contribution in [0, 0.1) is 10.7 Å². The Bertz CT molecular complexity index is 1440. The van der Waals surface area contributed by atoms with Crippen molar-refractivity contribution in [3.8, 4) is 28.5 Å². The van der Waals surface area contributed by atoms with Gasteiger partial charge in [-0.15, -0.1) is 0 Å². The molecule has 210 valence electrons. The SMILES string of the molecule is COc1cc(-c2cnc3cc(OCCCN4CCS(=N)(=O)CC4)ccn23)cc(OC(F)F)c1C(=O)CC1CC1. The van der Waals surface area contributed by atoms with Crippen molar-refractivity contribution in [3.05, 3.63) is 42.2 Å². The van der Waals surface area contributed by atoms with Crippen LogP contribution in [0.25, 0.3) is 16.9 Å². The summed E-state index contributed by atoms with van der Waals surface area (Å²) in [5.41, 5.74) is 1.78. The van der Waals surface area contributed by atoms with Crippen LogP contribution in [0.1, 0.15) is 36.0 Å². The van der Waals surface area contributed by atoms with Crippen molar-refractivity contribution in [2.24, 2.45) is 5.92 Å². The number of Topliss-reactive ketones (excluding diaryl/α,β-unsaturated/α-hetero) is 1. The quantitative estimate of drug-likeness (QED) is 0.251. The number of hydrogen-bond donors (Lipinski definition) is 1. The number of carbonyl (C=O) groups excluding carboxylic acids is 1. The zero-order chi connectivity index (χ0) is 27.6. The van der Waals surface area contributed by atoms with Gasteiger partial charge in [-0.05, 0) is 43.4 Å². The molecular formula is C27H32F2N4O5S. The highest BCUT2D eigenvalue weighted by Gasteiger charge is 2.30. The number of halogens is 2. The summed E-state index contributed by atoms with van der Waals surface area (Å²) in [5.74, 6) is 1.48. The van der Waals surface area contributed by atoms with Gasteiger partial charge in [0.15, 0.2) is 5.78 Å². The molecule has 12 heteroatoms. The van der Waals surface area contributed by atoms with Gasteiger partial charge < -0.3 is 19.1 Å². The van der Waals surface area contributed by atoms with E-state index in [2.05, 4.69) is 9.88 Å². The summed E-state index contributed by atoms with van der Waals surface area (Å²) < 4.78 is 64.0. The molecule has 1 N–H and O–H groups in total. The van der Waals surface area contributed by atoms with E-state index in [4.69, 9.17) is 19.0 Å². The number of nitrogens with one attached hydrogen (secondary N) is 1. The number of nitrogens with zero attached hydrogens (tertiary/aromatic N) is 3. The zero-order valence-electron chi connectivity index (χ0n) is 21.7. The first kappa shape index (κ1) is 27.3. The van der Waals surface area contributed by atoms with E-state index in [9.17, 15) is 17.8 Å². The Labute approximate surface area is 226 Å². The average Bonchev–Trinajstić information content (AvgIpc) is 3.61. The molecule has 1 saturated carbocycles. The first-order valence-electron chi connectivity index (χ1n) is 13.0. The lowest BCUT2D eigenvalue weighted by Gasteiger charge is -2.27. The second kappa shape index (κ2) is 11.5. The summed E-state index contributed by atoms with van der Waals surface area (Å²) in [7, 11) is -0.994. The highest BCUT2D eigenvalue weighted by Crippen LogP contribution is 2.40. The predicted octanol–water partition coefficient (Wildman–Crippen LogP) is 4.73. The number of pyridine rings is 1. The number of carbonyl (C=O) groups is 1. The number of alkyl halides is 2. The summed E-state index contributed by atoms with van der Waals surface area (Å²) in [5, 5.41) is 0. The maximum atomic E-state index is 13.3. The fourth-order valence-electron chi connectivity index (χ4n) is 4.78. The molecule has 2 fully saturated rings. The minimum absolute atomic E-state index is 0.0378. The van der Waals surface area contributed by atoms with E-state index < -0.39 is 16.3 Å². The predicted molar refractivity (Wildman–Crippen MR) is 143 cm³/mol. The number of fused-ring (bicyclic) bond motifs is 1. The molecule has 2 aromatic heterocycles. The number of methoxy groups -OCH3 is 1. The first-order valence-corrected chi connectivity index (χ1v) is 14.9. The van der Waals surface area contributed by atoms with Crippen LogP contribution in [-0.4, -0.2) is 75.7 Å². The molecule has 9 nitrogen and oxygen atoms in total. The topological polar surface area (TPSA) is 106 Å². The van der Waals surface area contributed by atoms with Crippen molar-refractivity contribution in [2.45, 2.75) is 32.3 Å². The molecule has 1 aromatic carbocycles. The van der Waals surface area contributed by atoms with Crippen LogP contribution in [0.3, 0.4) is 0 Å². The lowest BCUT2D eigenvalue weighted by atomic mass is 10.00. The normalized spacial score (nSPS) is 17.4. The molecule has 5 rings (SSSR count). The molecule has 2 aliphatic rings. The summed E-state index contributed by atoms with van der Waals surface area (Å²) in [6.45, 7) is -0.424. The van der Waals surface area contributed by atoms with Gasteiger partial charge in [-0.2, -0.15) is 8.78 Å². The standard InChI is InChI=1S/C27H32F2N4O5S/c1-36-23-14-19(15-24(38-27(28)29)26(23)22(34)13-18-3-4-18)21-17-31-25-16-20(5-7-33(21)25)37-10-2-6-32-8-11-39(30,35)12-9-32/h5,7,14-18,27,30H,2-4,6,8-13H2,1H3. The molecule has 3 heterocycles. The molecule has 0 spiro atoms. The van der Waals surface area contributed by atoms with E-state index in [1.165, 1.54) is 13.2 Å². The Morgan fingerprint density at radius 3 is 2.64 bits per heavy atom. The van der Waals surface area contributed by atoms with E-state index in [-0.39, 0.29) is 35.2 Å². The summed E-state index contributed by atoms with van der Waals surface area (Å²) in [6, 6.07) is 6.67. The van der Waals surface area contributed by atoms with Crippen LogP contribution in [0.2, 0.25) is 0 Å². The van der Waals surface area contributed by atoms with Gasteiger partial charge in [-0.3, -0.25) is 14.0 Å². The van der Waals surface area contributed by atoms with Crippen LogP contribution in [0.4, 0.5) is 8.78 Å². The van der Waals surface area contributed by atoms with E-state index in [1.807, 2.05) is 0 Å². The van der Waals surface area contributed by atoms with Crippen molar-refractivity contribution in [3.63, 3.8) is 0 Å². The number of ether oxygens (including phenoxy) is 3. The van der Waals surface area contributed by atoms with Crippen LogP contribution >= 0.6 is 0 Å². The van der Waals surface area contributed by atoms with Gasteiger partial charge in [-0.25, -0.2) is 9.19 Å². The van der Waals surface area contributed by atoms with Gasteiger partial charge >= 0.3 is 6.61 Å². The Morgan fingerprint density at radius 2 is 1.95 bits per heavy atom. The molecule has 0 amide bonds. The maximum absolute atomic E-state index is 13.3. The number of aromatic nitrogens is 2. The maximum Gasteiger partial charge on any atom is 0.387 e. The zero-order valence-corrected chi connectivity index (χ0v) is 22.6. The Morgan fingerprint density at radius 1 is 1.21 bits per heavy atom. The third-order valence-electron chi connectivity index (χ3n) is 7.09. The Balaban J connectivity index is 1.30. The number of ketones is 1. The highest BCUT2D eigenvalue weighted by molar-refractivity contribution is 7.92. The monoisotopic (exact) mass is 562 g/mol. The fourth-order valence-corrected chi connectivity index (χ4v) is 6.09. The van der Waals surface area contributed by atoms with E-state index in [1.54, 1.807) is 35.0 Å². The number of benzene rings is 1. The number of rotatable bonds is 12. The van der Waals surface area contributed by atoms with Crippen molar-refractivity contribution >= 4 is 21.2 Å². The fraction of sp³-hybridized carbons (Fsp3) is 0.481. The summed E-state index contributed by atoms with van der Waals surface area (Å²) >= 11 is 0. The molecule has 1 saturated heterocycles. The molecule has 39 heavy (non-hydrogen) atoms. The number of hydrogen-bond acceptors (Lipinski definition) is 8. The molecule has 1 aliphatic heterocycles. The van der Waals surface area contributed by atoms with Gasteiger partial charge in [-0.1, -0.05) is 0 Å². The van der Waals surface area contributed by atoms with Crippen molar-refractivity contribution < 1.29 is 32.0 Å². The van der Waals surface area contributed by atoms with Gasteiger partial charge in [0.25, 0.3) is 0 Å². The summed E-state index contributed by atoms with van der Waals surface area (Å²) in [6.07, 6.45) is 6.39. The van der Waals surface area contributed by atoms with Gasteiger partial charge in [0, 0.05) is 65.1 Å². The molecule has 3 aromatic rings. The smallest absolute Gasteiger partial charge is 0.387 e. The Kier molecular flexibility index (Phi) is 8.03. The minimum Gasteiger partial charge on any atom is -0.496 e. The summed E-state index contributed by atoms with van der Waals surface area (Å²) in [4.78, 5) is 19.6. The highest BCUT2D eigenvalue weighted by atomic mass is 32.2. The molecule has 0 unspecified atom stereocenters. The van der Waals surface area contributed by atoms with Crippen molar-refractivity contribution in [2.75, 3.05) is 44.9 Å². The van der Waals surface area contributed by atoms with Crippen LogP contribution in [0.15, 0.2) is 36.7 Å². The largest absolute Gasteiger partial charge is 0.496 e. The van der Waals surface area contributed by atoms with Crippen LogP contribution in [-0.2, 0) is 9.73 Å².